The van der Waals surface area contributed by atoms with Crippen LogP contribution in [-0.4, -0.2) is 6.61 Å². The van der Waals surface area contributed by atoms with Gasteiger partial charge in [0, 0.05) is 11.1 Å². The molecule has 198 valence electrons. The van der Waals surface area contributed by atoms with Gasteiger partial charge in [-0.15, -0.1) is 0 Å². The zero-order chi connectivity index (χ0) is 26.9. The van der Waals surface area contributed by atoms with Gasteiger partial charge in [-0.05, 0) is 60.6 Å². The van der Waals surface area contributed by atoms with Crippen molar-refractivity contribution < 1.29 is 17.9 Å². The van der Waals surface area contributed by atoms with Crippen molar-refractivity contribution in [2.24, 2.45) is 0 Å². The normalized spacial score (nSPS) is 11.1. The van der Waals surface area contributed by atoms with Gasteiger partial charge >= 0.3 is 0 Å². The molecule has 38 heavy (non-hydrogen) atoms. The summed E-state index contributed by atoms with van der Waals surface area (Å²) in [5.41, 5.74) is 4.73. The zero-order valence-electron chi connectivity index (χ0n) is 22.2. The first-order chi connectivity index (χ1) is 18.5. The Hall–Kier alpha value is -3.53. The van der Waals surface area contributed by atoms with Crippen LogP contribution in [0.25, 0.3) is 22.3 Å². The van der Waals surface area contributed by atoms with Gasteiger partial charge < -0.3 is 4.74 Å². The van der Waals surface area contributed by atoms with Gasteiger partial charge in [-0.3, -0.25) is 0 Å². The molecule has 0 heterocycles. The molecule has 0 saturated carbocycles. The van der Waals surface area contributed by atoms with Crippen LogP contribution in [0.3, 0.4) is 0 Å². The van der Waals surface area contributed by atoms with Crippen LogP contribution >= 0.6 is 0 Å². The van der Waals surface area contributed by atoms with Gasteiger partial charge in [0.2, 0.25) is 0 Å². The topological polar surface area (TPSA) is 9.23 Å². The van der Waals surface area contributed by atoms with E-state index in [0.29, 0.717) is 36.3 Å². The summed E-state index contributed by atoms with van der Waals surface area (Å²) in [7, 11) is 0. The number of rotatable bonds is 12. The standard InChI is InChI=1S/C34H35F3O/c1-3-4-5-6-7-22-38-32-21-14-26(23-31(32)35)11-10-25-12-17-28(18-13-25)30-20-19-29(33(36)34(30)37)27-15-8-24(2)9-16-27/h8-9,12-21,23H,3-7,10-11,22H2,1-2H3. The molecule has 0 spiro atoms. The highest BCUT2D eigenvalue weighted by molar-refractivity contribution is 5.72. The van der Waals surface area contributed by atoms with Gasteiger partial charge in [0.05, 0.1) is 6.61 Å². The maximum atomic E-state index is 15.0. The number of halogens is 3. The fraction of sp³-hybridized carbons (Fsp3) is 0.294. The minimum Gasteiger partial charge on any atom is -0.491 e. The molecule has 0 aliphatic carbocycles. The van der Waals surface area contributed by atoms with E-state index in [9.17, 15) is 13.2 Å². The summed E-state index contributed by atoms with van der Waals surface area (Å²) < 4.78 is 50.0. The molecule has 0 bridgehead atoms. The summed E-state index contributed by atoms with van der Waals surface area (Å²) in [6.45, 7) is 4.66. The first kappa shape index (κ1) is 27.5. The van der Waals surface area contributed by atoms with Crippen LogP contribution in [0.5, 0.6) is 5.75 Å². The molecule has 0 saturated heterocycles. The molecule has 4 aromatic carbocycles. The van der Waals surface area contributed by atoms with Gasteiger partial charge in [0.1, 0.15) is 0 Å². The molecular weight excluding hydrogens is 481 g/mol. The van der Waals surface area contributed by atoms with Crippen molar-refractivity contribution in [2.75, 3.05) is 6.61 Å². The summed E-state index contributed by atoms with van der Waals surface area (Å²) in [6.07, 6.45) is 7.03. The Morgan fingerprint density at radius 2 is 1.16 bits per heavy atom. The van der Waals surface area contributed by atoms with Crippen molar-refractivity contribution in [1.29, 1.82) is 0 Å². The van der Waals surface area contributed by atoms with E-state index in [1.165, 1.54) is 25.3 Å². The average molecular weight is 517 g/mol. The molecule has 0 N–H and O–H groups in total. The average Bonchev–Trinajstić information content (AvgIpc) is 2.93. The quantitative estimate of drug-likeness (QED) is 0.170. The lowest BCUT2D eigenvalue weighted by Gasteiger charge is -2.11. The van der Waals surface area contributed by atoms with E-state index in [2.05, 4.69) is 6.92 Å². The monoisotopic (exact) mass is 516 g/mol. The van der Waals surface area contributed by atoms with Crippen molar-refractivity contribution in [3.63, 3.8) is 0 Å². The molecule has 1 nitrogen and oxygen atoms in total. The Kier molecular flexibility index (Phi) is 9.64. The number of hydrogen-bond acceptors (Lipinski definition) is 1. The molecule has 0 amide bonds. The maximum Gasteiger partial charge on any atom is 0.167 e. The molecule has 0 aliphatic heterocycles. The second-order valence-corrected chi connectivity index (χ2v) is 9.88. The van der Waals surface area contributed by atoms with E-state index in [-0.39, 0.29) is 16.9 Å². The van der Waals surface area contributed by atoms with E-state index in [0.717, 1.165) is 29.5 Å². The number of benzene rings is 4. The van der Waals surface area contributed by atoms with Crippen LogP contribution in [0.1, 0.15) is 55.7 Å². The number of unbranched alkanes of at least 4 members (excludes halogenated alkanes) is 4. The number of hydrogen-bond donors (Lipinski definition) is 0. The zero-order valence-corrected chi connectivity index (χ0v) is 22.2. The second-order valence-electron chi connectivity index (χ2n) is 9.88. The van der Waals surface area contributed by atoms with Crippen LogP contribution in [0.2, 0.25) is 0 Å². The van der Waals surface area contributed by atoms with Crippen LogP contribution in [0.15, 0.2) is 78.9 Å². The Labute approximate surface area is 224 Å². The van der Waals surface area contributed by atoms with Crippen molar-refractivity contribution in [2.45, 2.75) is 58.8 Å². The van der Waals surface area contributed by atoms with Crippen LogP contribution < -0.4 is 4.74 Å². The van der Waals surface area contributed by atoms with E-state index >= 15 is 0 Å². The fourth-order valence-corrected chi connectivity index (χ4v) is 4.57. The third-order valence-electron chi connectivity index (χ3n) is 6.91. The predicted octanol–water partition coefficient (Wildman–Crippen LogP) is 9.88. The van der Waals surface area contributed by atoms with Gasteiger partial charge in [0.25, 0.3) is 0 Å². The highest BCUT2D eigenvalue weighted by Crippen LogP contribution is 2.32. The van der Waals surface area contributed by atoms with Crippen molar-refractivity contribution in [3.05, 3.63) is 113 Å². The fourth-order valence-electron chi connectivity index (χ4n) is 4.57. The predicted molar refractivity (Wildman–Crippen MR) is 150 cm³/mol. The molecule has 0 aliphatic rings. The van der Waals surface area contributed by atoms with Gasteiger partial charge in [-0.1, -0.05) is 105 Å². The van der Waals surface area contributed by atoms with E-state index in [1.807, 2.05) is 37.3 Å². The summed E-state index contributed by atoms with van der Waals surface area (Å²) in [5, 5.41) is 0. The van der Waals surface area contributed by atoms with Gasteiger partial charge in [0.15, 0.2) is 23.2 Å². The Morgan fingerprint density at radius 1 is 0.605 bits per heavy atom. The summed E-state index contributed by atoms with van der Waals surface area (Å²) in [5.74, 6) is -1.73. The Bertz CT molecular complexity index is 1330. The minimum absolute atomic E-state index is 0.230. The molecular formula is C34H35F3O. The molecule has 0 fully saturated rings. The first-order valence-electron chi connectivity index (χ1n) is 13.5. The smallest absolute Gasteiger partial charge is 0.167 e. The minimum atomic E-state index is -0.852. The Balaban J connectivity index is 1.35. The third kappa shape index (κ3) is 7.06. The van der Waals surface area contributed by atoms with Gasteiger partial charge in [-0.25, -0.2) is 13.2 Å². The van der Waals surface area contributed by atoms with Crippen LogP contribution in [0.4, 0.5) is 13.2 Å². The highest BCUT2D eigenvalue weighted by Gasteiger charge is 2.16. The van der Waals surface area contributed by atoms with Crippen molar-refractivity contribution in [1.82, 2.24) is 0 Å². The SMILES string of the molecule is CCCCCCCOc1ccc(CCc2ccc(-c3ccc(-c4ccc(C)cc4)c(F)c3F)cc2)cc1F. The number of ether oxygens (including phenoxy) is 1. The van der Waals surface area contributed by atoms with E-state index in [4.69, 9.17) is 4.74 Å². The maximum absolute atomic E-state index is 15.0. The van der Waals surface area contributed by atoms with E-state index in [1.54, 1.807) is 42.5 Å². The van der Waals surface area contributed by atoms with Gasteiger partial charge in [-0.2, -0.15) is 0 Å². The molecule has 0 unspecified atom stereocenters. The van der Waals surface area contributed by atoms with Crippen molar-refractivity contribution >= 4 is 0 Å². The lowest BCUT2D eigenvalue weighted by Crippen LogP contribution is -2.00. The molecule has 0 radical (unpaired) electrons. The summed E-state index contributed by atoms with van der Waals surface area (Å²) in [6, 6.07) is 23.2. The lowest BCUT2D eigenvalue weighted by atomic mass is 9.97. The van der Waals surface area contributed by atoms with E-state index < -0.39 is 11.6 Å². The molecule has 0 aromatic heterocycles. The van der Waals surface area contributed by atoms with Crippen LogP contribution in [-0.2, 0) is 12.8 Å². The largest absolute Gasteiger partial charge is 0.491 e. The van der Waals surface area contributed by atoms with Crippen LogP contribution in [0, 0.1) is 24.4 Å². The molecule has 4 heteroatoms. The highest BCUT2D eigenvalue weighted by atomic mass is 19.2. The third-order valence-corrected chi connectivity index (χ3v) is 6.91. The van der Waals surface area contributed by atoms with Crippen molar-refractivity contribution in [3.8, 4) is 28.0 Å². The molecule has 4 rings (SSSR count). The second kappa shape index (κ2) is 13.3. The summed E-state index contributed by atoms with van der Waals surface area (Å²) >= 11 is 0. The number of aryl methyl sites for hydroxylation is 3. The first-order valence-corrected chi connectivity index (χ1v) is 13.5. The summed E-state index contributed by atoms with van der Waals surface area (Å²) in [4.78, 5) is 0. The Morgan fingerprint density at radius 3 is 1.76 bits per heavy atom. The molecule has 0 atom stereocenters. The molecule has 4 aromatic rings. The lowest BCUT2D eigenvalue weighted by molar-refractivity contribution is 0.290.